The highest BCUT2D eigenvalue weighted by molar-refractivity contribution is 5.95. The molecular weight excluding hydrogens is 973 g/mol. The molecule has 76 heavy (non-hydrogen) atoms. The van der Waals surface area contributed by atoms with E-state index in [-0.39, 0.29) is 110 Å². The second kappa shape index (κ2) is 19.0. The van der Waals surface area contributed by atoms with E-state index in [1.807, 2.05) is 50.2 Å². The largest absolute Gasteiger partial charge is 0.458 e. The van der Waals surface area contributed by atoms with Crippen molar-refractivity contribution in [3.8, 4) is 0 Å². The van der Waals surface area contributed by atoms with Gasteiger partial charge in [-0.2, -0.15) is 0 Å². The maximum absolute atomic E-state index is 13.0. The number of esters is 2. The van der Waals surface area contributed by atoms with Crippen molar-refractivity contribution in [2.45, 2.75) is 257 Å². The normalized spacial score (nSPS) is 49.8. The lowest BCUT2D eigenvalue weighted by atomic mass is 9.72. The summed E-state index contributed by atoms with van der Waals surface area (Å²) < 4.78 is 82.1. The molecule has 13 rings (SSSR count). The number of hydrogen-bond donors (Lipinski definition) is 1. The second-order valence-corrected chi connectivity index (χ2v) is 25.8. The van der Waals surface area contributed by atoms with Crippen LogP contribution in [0, 0.1) is 5.92 Å². The molecule has 15 heteroatoms. The second-order valence-electron chi connectivity index (χ2n) is 25.8. The number of carbonyl (C=O) groups excluding carboxylic acids is 2. The highest BCUT2D eigenvalue weighted by Crippen LogP contribution is 2.55. The summed E-state index contributed by atoms with van der Waals surface area (Å²) in [6, 6.07) is 13.4. The first-order valence-electron chi connectivity index (χ1n) is 28.5. The molecule has 11 heterocycles. The van der Waals surface area contributed by atoms with Crippen molar-refractivity contribution in [1.29, 1.82) is 0 Å². The number of aliphatic hydroxyl groups excluding tert-OH is 1. The predicted molar refractivity (Wildman–Crippen MR) is 276 cm³/mol. The third-order valence-electron chi connectivity index (χ3n) is 20.0. The Balaban J connectivity index is 0.645. The van der Waals surface area contributed by atoms with Crippen molar-refractivity contribution in [2.75, 3.05) is 6.61 Å². The Morgan fingerprint density at radius 1 is 0.711 bits per heavy atom. The van der Waals surface area contributed by atoms with E-state index in [4.69, 9.17) is 56.8 Å². The smallest absolute Gasteiger partial charge is 0.338 e. The van der Waals surface area contributed by atoms with E-state index < -0.39 is 46.2 Å². The number of hydrogen-bond acceptors (Lipinski definition) is 15. The topological polar surface area (TPSA) is 165 Å². The lowest BCUT2D eigenvalue weighted by Gasteiger charge is -2.60. The quantitative estimate of drug-likeness (QED) is 0.225. The van der Waals surface area contributed by atoms with Crippen LogP contribution in [0.4, 0.5) is 0 Å². The van der Waals surface area contributed by atoms with Gasteiger partial charge < -0.3 is 61.9 Å². The highest BCUT2D eigenvalue weighted by atomic mass is 16.7. The summed E-state index contributed by atoms with van der Waals surface area (Å²) in [6.45, 7) is 19.1. The molecule has 0 saturated carbocycles. The van der Waals surface area contributed by atoms with Gasteiger partial charge in [-0.1, -0.05) is 56.0 Å². The number of ether oxygens (including phenoxy) is 12. The van der Waals surface area contributed by atoms with Crippen LogP contribution in [0.3, 0.4) is 0 Å². The molecular formula is C61H78O15. The van der Waals surface area contributed by atoms with Crippen LogP contribution < -0.4 is 0 Å². The molecule has 0 radical (unpaired) electrons. The van der Waals surface area contributed by atoms with Crippen LogP contribution in [0.25, 0.3) is 10.8 Å². The van der Waals surface area contributed by atoms with Gasteiger partial charge >= 0.3 is 11.9 Å². The monoisotopic (exact) mass is 1050 g/mol. The van der Waals surface area contributed by atoms with Gasteiger partial charge in [-0.15, -0.1) is 0 Å². The number of rotatable bonds is 5. The Labute approximate surface area is 446 Å². The molecule has 9 fully saturated rings. The van der Waals surface area contributed by atoms with Gasteiger partial charge in [0.15, 0.2) is 0 Å². The van der Waals surface area contributed by atoms with Crippen LogP contribution in [0.1, 0.15) is 136 Å². The third kappa shape index (κ3) is 9.07. The van der Waals surface area contributed by atoms with Crippen molar-refractivity contribution in [2.24, 2.45) is 5.92 Å². The fraction of sp³-hybridized carbons (Fsp3) is 0.705. The minimum atomic E-state index is -0.952. The van der Waals surface area contributed by atoms with Gasteiger partial charge in [0, 0.05) is 51.0 Å². The minimum Gasteiger partial charge on any atom is -0.458 e. The van der Waals surface area contributed by atoms with E-state index in [1.165, 1.54) is 0 Å². The summed E-state index contributed by atoms with van der Waals surface area (Å²) in [5, 5.41) is 13.8. The van der Waals surface area contributed by atoms with Gasteiger partial charge in [-0.05, 0) is 114 Å². The maximum Gasteiger partial charge on any atom is 0.338 e. The number of fused-ring (bicyclic) bond motifs is 11. The van der Waals surface area contributed by atoms with Gasteiger partial charge in [-0.3, -0.25) is 0 Å². The Hall–Kier alpha value is -3.58. The molecule has 11 aliphatic heterocycles. The summed E-state index contributed by atoms with van der Waals surface area (Å²) in [4.78, 5) is 25.3. The van der Waals surface area contributed by atoms with E-state index in [2.05, 4.69) is 53.3 Å². The Bertz CT molecular complexity index is 2670. The molecule has 2 aromatic rings. The molecule has 0 aromatic heterocycles. The van der Waals surface area contributed by atoms with Gasteiger partial charge in [-0.25, -0.2) is 9.59 Å². The SMILES string of the molecule is C=C(COC(=O)c1ccc2ccccc2c1)C[C@@H]1C[C@H](O)[C@]2(C)OC3CC4OC5C[C@]6(C)O[C@]7(C)CCC8OC9C[C@]%10(C)OC%11C(C)=CC(=O)OC%11CC%10OC9C[C@@H](C)C8OC7CC6O[C@@]5(C)C/C=C\C4OC3CC2O1. The zero-order valence-corrected chi connectivity index (χ0v) is 45.2. The van der Waals surface area contributed by atoms with Crippen LogP contribution in [0.2, 0.25) is 0 Å². The van der Waals surface area contributed by atoms with E-state index in [1.54, 1.807) is 12.1 Å². The average Bonchev–Trinajstić information content (AvgIpc) is 3.68. The summed E-state index contributed by atoms with van der Waals surface area (Å²) in [5.41, 5.74) is -1.32. The molecule has 0 aliphatic carbocycles. The van der Waals surface area contributed by atoms with E-state index in [0.717, 1.165) is 35.6 Å². The fourth-order valence-electron chi connectivity index (χ4n) is 15.6. The molecule has 412 valence electrons. The first kappa shape index (κ1) is 51.8. The summed E-state index contributed by atoms with van der Waals surface area (Å²) in [7, 11) is 0. The lowest BCUT2D eigenvalue weighted by Crippen LogP contribution is -2.70. The number of aliphatic hydroxyl groups is 1. The number of carbonyl (C=O) groups is 2. The van der Waals surface area contributed by atoms with Crippen molar-refractivity contribution < 1.29 is 71.5 Å². The number of benzene rings is 2. The molecule has 1 N–H and O–H groups in total. The maximum atomic E-state index is 13.0. The average molecular weight is 1050 g/mol. The molecule has 15 unspecified atom stereocenters. The molecule has 0 amide bonds. The first-order valence-corrected chi connectivity index (χ1v) is 28.5. The van der Waals surface area contributed by atoms with Gasteiger partial charge in [0.2, 0.25) is 0 Å². The Morgan fingerprint density at radius 2 is 1.49 bits per heavy atom. The summed E-state index contributed by atoms with van der Waals surface area (Å²) in [5.74, 6) is -0.565. The molecule has 11 aliphatic rings. The standard InChI is InChI=1S/C61H78O15/c1-32(31-65-56(64)37-16-15-35-12-9-10-13-36(35)23-37)20-38-24-47(62)61(8)51(66-38)26-43-44(73-61)25-42-39(67-43)14-11-18-57(4)52(70-42)30-60(7)50(74-57)28-49-58(5,76-60)19-17-40-54(72-49)33(2)21-41-46(68-40)29-59(6)48(69-41)27-45-55(75-59)34(3)22-53(63)71-45/h9-16,22-23,33,38-52,54-55,62H,1,17-21,24-31H2,2-8H3/b14-11-/t33-,38-,39?,40?,41?,42?,43?,44?,45?,46?,47+,48?,49?,50?,51?,52?,54?,55?,57+,58-,59+,60+,61+/m1/s1. The van der Waals surface area contributed by atoms with Crippen molar-refractivity contribution in [3.05, 3.63) is 84.0 Å². The van der Waals surface area contributed by atoms with Crippen molar-refractivity contribution in [3.63, 3.8) is 0 Å². The summed E-state index contributed by atoms with van der Waals surface area (Å²) >= 11 is 0. The van der Waals surface area contributed by atoms with Crippen LogP contribution in [0.5, 0.6) is 0 Å². The summed E-state index contributed by atoms with van der Waals surface area (Å²) in [6.07, 6.45) is 8.48. The van der Waals surface area contributed by atoms with E-state index in [9.17, 15) is 14.7 Å². The van der Waals surface area contributed by atoms with Gasteiger partial charge in [0.25, 0.3) is 0 Å². The van der Waals surface area contributed by atoms with Gasteiger partial charge in [0.1, 0.15) is 30.5 Å². The lowest BCUT2D eigenvalue weighted by molar-refractivity contribution is -0.356. The Morgan fingerprint density at radius 3 is 2.33 bits per heavy atom. The molecule has 23 atom stereocenters. The van der Waals surface area contributed by atoms with Crippen molar-refractivity contribution >= 4 is 22.7 Å². The fourth-order valence-corrected chi connectivity index (χ4v) is 15.6. The van der Waals surface area contributed by atoms with E-state index in [0.29, 0.717) is 68.9 Å². The molecule has 9 saturated heterocycles. The molecule has 15 nitrogen and oxygen atoms in total. The first-order chi connectivity index (χ1) is 36.2. The third-order valence-corrected chi connectivity index (χ3v) is 20.0. The zero-order chi connectivity index (χ0) is 52.7. The van der Waals surface area contributed by atoms with Crippen molar-refractivity contribution in [1.82, 2.24) is 0 Å². The van der Waals surface area contributed by atoms with E-state index >= 15 is 0 Å². The van der Waals surface area contributed by atoms with Crippen LogP contribution in [-0.2, 0) is 61.6 Å². The zero-order valence-electron chi connectivity index (χ0n) is 45.2. The molecule has 0 bridgehead atoms. The Kier molecular flexibility index (Phi) is 13.0. The van der Waals surface area contributed by atoms with Crippen LogP contribution in [0.15, 0.2) is 78.4 Å². The van der Waals surface area contributed by atoms with Crippen LogP contribution >= 0.6 is 0 Å². The highest BCUT2D eigenvalue weighted by Gasteiger charge is 2.64. The van der Waals surface area contributed by atoms with Crippen LogP contribution in [-0.4, -0.2) is 155 Å². The predicted octanol–water partition coefficient (Wildman–Crippen LogP) is 8.28. The molecule has 2 aromatic carbocycles. The molecule has 0 spiro atoms. The van der Waals surface area contributed by atoms with Gasteiger partial charge in [0.05, 0.1) is 113 Å². The minimum absolute atomic E-state index is 0.0575.